The summed E-state index contributed by atoms with van der Waals surface area (Å²) in [6.07, 6.45) is 4.31. The first-order chi connectivity index (χ1) is 10.7. The molecular formula is C16H15BrN4O. The molecule has 1 aliphatic carbocycles. The van der Waals surface area contributed by atoms with Crippen molar-refractivity contribution in [1.82, 2.24) is 14.6 Å². The van der Waals surface area contributed by atoms with E-state index in [1.54, 1.807) is 22.8 Å². The Morgan fingerprint density at radius 1 is 1.32 bits per heavy atom. The average Bonchev–Trinajstić information content (AvgIpc) is 3.28. The van der Waals surface area contributed by atoms with Gasteiger partial charge in [-0.1, -0.05) is 12.1 Å². The molecule has 0 saturated heterocycles. The van der Waals surface area contributed by atoms with Gasteiger partial charge in [0.1, 0.15) is 11.6 Å². The molecule has 3 aromatic rings. The number of fused-ring (bicyclic) bond motifs is 1. The van der Waals surface area contributed by atoms with Crippen molar-refractivity contribution in [2.75, 3.05) is 11.9 Å². The van der Waals surface area contributed by atoms with Gasteiger partial charge in [-0.2, -0.15) is 9.61 Å². The monoisotopic (exact) mass is 358 g/mol. The topological polar surface area (TPSA) is 62.5 Å². The maximum Gasteiger partial charge on any atom is 0.172 e. The second-order valence-corrected chi connectivity index (χ2v) is 6.45. The molecule has 6 heteroatoms. The standard InChI is InChI=1S/C16H15BrN4O/c17-12-9-19-21-15(18-8-10-5-6-10)7-13(20-16(12)21)11-3-1-2-4-14(11)22/h1-4,7,9-10,18,22H,5-6,8H2. The highest BCUT2D eigenvalue weighted by molar-refractivity contribution is 9.10. The van der Waals surface area contributed by atoms with E-state index in [-0.39, 0.29) is 5.75 Å². The SMILES string of the molecule is Oc1ccccc1-c1cc(NCC2CC2)n2ncc(Br)c2n1. The molecule has 1 fully saturated rings. The van der Waals surface area contributed by atoms with Crippen molar-refractivity contribution < 1.29 is 5.11 Å². The van der Waals surface area contributed by atoms with E-state index in [9.17, 15) is 5.11 Å². The molecule has 1 aliphatic rings. The van der Waals surface area contributed by atoms with Gasteiger partial charge >= 0.3 is 0 Å². The highest BCUT2D eigenvalue weighted by Crippen LogP contribution is 2.32. The highest BCUT2D eigenvalue weighted by Gasteiger charge is 2.21. The highest BCUT2D eigenvalue weighted by atomic mass is 79.9. The van der Waals surface area contributed by atoms with Gasteiger partial charge in [0.15, 0.2) is 5.65 Å². The van der Waals surface area contributed by atoms with Crippen molar-refractivity contribution in [2.45, 2.75) is 12.8 Å². The number of aromatic nitrogens is 3. The van der Waals surface area contributed by atoms with E-state index >= 15 is 0 Å². The lowest BCUT2D eigenvalue weighted by Crippen LogP contribution is -2.09. The van der Waals surface area contributed by atoms with Gasteiger partial charge in [-0.3, -0.25) is 0 Å². The molecule has 0 aliphatic heterocycles. The lowest BCUT2D eigenvalue weighted by Gasteiger charge is -2.11. The van der Waals surface area contributed by atoms with Crippen LogP contribution in [0.25, 0.3) is 16.9 Å². The number of hydrogen-bond acceptors (Lipinski definition) is 4. The number of para-hydroxylation sites is 1. The van der Waals surface area contributed by atoms with E-state index in [4.69, 9.17) is 0 Å². The van der Waals surface area contributed by atoms with Crippen LogP contribution in [-0.2, 0) is 0 Å². The van der Waals surface area contributed by atoms with E-state index in [2.05, 4.69) is 31.3 Å². The summed E-state index contributed by atoms with van der Waals surface area (Å²) >= 11 is 3.48. The van der Waals surface area contributed by atoms with E-state index in [1.807, 2.05) is 18.2 Å². The van der Waals surface area contributed by atoms with Gasteiger partial charge in [-0.05, 0) is 46.8 Å². The van der Waals surface area contributed by atoms with E-state index in [0.29, 0.717) is 5.56 Å². The maximum absolute atomic E-state index is 10.1. The predicted octanol–water partition coefficient (Wildman–Crippen LogP) is 3.69. The Labute approximate surface area is 136 Å². The summed E-state index contributed by atoms with van der Waals surface area (Å²) in [6.45, 7) is 0.941. The summed E-state index contributed by atoms with van der Waals surface area (Å²) in [5.74, 6) is 1.87. The smallest absolute Gasteiger partial charge is 0.172 e. The normalized spacial score (nSPS) is 14.4. The van der Waals surface area contributed by atoms with Crippen LogP contribution in [0.1, 0.15) is 12.8 Å². The van der Waals surface area contributed by atoms with E-state index in [1.165, 1.54) is 12.8 Å². The molecule has 2 aromatic heterocycles. The molecule has 0 radical (unpaired) electrons. The lowest BCUT2D eigenvalue weighted by atomic mass is 10.1. The summed E-state index contributed by atoms with van der Waals surface area (Å²) in [5, 5.41) is 17.9. The van der Waals surface area contributed by atoms with Gasteiger partial charge in [-0.25, -0.2) is 4.98 Å². The number of halogens is 1. The molecular weight excluding hydrogens is 344 g/mol. The molecule has 1 aromatic carbocycles. The van der Waals surface area contributed by atoms with Gasteiger partial charge in [0, 0.05) is 18.2 Å². The number of phenols is 1. The van der Waals surface area contributed by atoms with Crippen LogP contribution in [0.4, 0.5) is 5.82 Å². The Hall–Kier alpha value is -2.08. The van der Waals surface area contributed by atoms with Crippen LogP contribution in [0.5, 0.6) is 5.75 Å². The fraction of sp³-hybridized carbons (Fsp3) is 0.250. The van der Waals surface area contributed by atoms with Gasteiger partial charge < -0.3 is 10.4 Å². The second kappa shape index (κ2) is 5.28. The molecule has 0 unspecified atom stereocenters. The minimum atomic E-state index is 0.225. The van der Waals surface area contributed by atoms with Crippen LogP contribution in [0.2, 0.25) is 0 Å². The van der Waals surface area contributed by atoms with Gasteiger partial charge in [0.25, 0.3) is 0 Å². The van der Waals surface area contributed by atoms with Crippen molar-refractivity contribution in [3.63, 3.8) is 0 Å². The minimum absolute atomic E-state index is 0.225. The first kappa shape index (κ1) is 13.6. The molecule has 1 saturated carbocycles. The first-order valence-corrected chi connectivity index (χ1v) is 8.08. The zero-order chi connectivity index (χ0) is 15.1. The predicted molar refractivity (Wildman–Crippen MR) is 89.0 cm³/mol. The number of hydrogen-bond donors (Lipinski definition) is 2. The van der Waals surface area contributed by atoms with Crippen LogP contribution >= 0.6 is 15.9 Å². The quantitative estimate of drug-likeness (QED) is 0.746. The fourth-order valence-electron chi connectivity index (χ4n) is 2.46. The zero-order valence-electron chi connectivity index (χ0n) is 11.8. The largest absolute Gasteiger partial charge is 0.507 e. The van der Waals surface area contributed by atoms with Crippen LogP contribution in [0.15, 0.2) is 41.0 Å². The summed E-state index contributed by atoms with van der Waals surface area (Å²) in [4.78, 5) is 4.62. The molecule has 0 spiro atoms. The fourth-order valence-corrected chi connectivity index (χ4v) is 2.81. The summed E-state index contributed by atoms with van der Waals surface area (Å²) in [7, 11) is 0. The average molecular weight is 359 g/mol. The van der Waals surface area contributed by atoms with Crippen molar-refractivity contribution >= 4 is 27.4 Å². The third-order valence-electron chi connectivity index (χ3n) is 3.88. The third-order valence-corrected chi connectivity index (χ3v) is 4.44. The Morgan fingerprint density at radius 2 is 2.14 bits per heavy atom. The van der Waals surface area contributed by atoms with Crippen molar-refractivity contribution in [3.05, 3.63) is 41.0 Å². The zero-order valence-corrected chi connectivity index (χ0v) is 13.4. The number of anilines is 1. The van der Waals surface area contributed by atoms with E-state index < -0.39 is 0 Å². The van der Waals surface area contributed by atoms with Crippen LogP contribution in [-0.4, -0.2) is 26.2 Å². The van der Waals surface area contributed by atoms with Gasteiger partial charge in [0.2, 0.25) is 0 Å². The Morgan fingerprint density at radius 3 is 2.91 bits per heavy atom. The number of benzene rings is 1. The Bertz CT molecular complexity index is 841. The number of phenolic OH excluding ortho intramolecular Hbond substituents is 1. The van der Waals surface area contributed by atoms with Crippen molar-refractivity contribution in [3.8, 4) is 17.0 Å². The van der Waals surface area contributed by atoms with Crippen molar-refractivity contribution in [2.24, 2.45) is 5.92 Å². The summed E-state index contributed by atoms with van der Waals surface area (Å²) < 4.78 is 2.62. The molecule has 5 nitrogen and oxygen atoms in total. The van der Waals surface area contributed by atoms with Gasteiger partial charge in [0.05, 0.1) is 16.4 Å². The summed E-state index contributed by atoms with van der Waals surface area (Å²) in [5.41, 5.74) is 2.18. The molecule has 2 heterocycles. The molecule has 0 atom stereocenters. The van der Waals surface area contributed by atoms with Gasteiger partial charge in [-0.15, -0.1) is 0 Å². The molecule has 2 N–H and O–H groups in total. The molecule has 22 heavy (non-hydrogen) atoms. The second-order valence-electron chi connectivity index (χ2n) is 5.60. The molecule has 0 bridgehead atoms. The number of nitrogens with zero attached hydrogens (tertiary/aromatic N) is 3. The Kier molecular flexibility index (Phi) is 3.26. The minimum Gasteiger partial charge on any atom is -0.507 e. The summed E-state index contributed by atoms with van der Waals surface area (Å²) in [6, 6.07) is 9.17. The number of aromatic hydroxyl groups is 1. The van der Waals surface area contributed by atoms with Crippen LogP contribution in [0, 0.1) is 5.92 Å². The molecule has 4 rings (SSSR count). The lowest BCUT2D eigenvalue weighted by molar-refractivity contribution is 0.477. The molecule has 0 amide bonds. The third kappa shape index (κ3) is 2.43. The maximum atomic E-state index is 10.1. The molecule has 112 valence electrons. The Balaban J connectivity index is 1.84. The number of rotatable bonds is 4. The van der Waals surface area contributed by atoms with Crippen LogP contribution < -0.4 is 5.32 Å². The van der Waals surface area contributed by atoms with E-state index in [0.717, 1.165) is 34.1 Å². The first-order valence-electron chi connectivity index (χ1n) is 7.29. The number of nitrogens with one attached hydrogen (secondary N) is 1. The van der Waals surface area contributed by atoms with Crippen molar-refractivity contribution in [1.29, 1.82) is 0 Å². The van der Waals surface area contributed by atoms with Crippen LogP contribution in [0.3, 0.4) is 0 Å².